The number of hydrogen-bond donors (Lipinski definition) is 0. The van der Waals surface area contributed by atoms with Crippen LogP contribution in [-0.2, 0) is 0 Å². The van der Waals surface area contributed by atoms with E-state index in [0.717, 1.165) is 47.3 Å². The maximum Gasteiger partial charge on any atom is -0.0411 e. The highest BCUT2D eigenvalue weighted by Gasteiger charge is 2.29. The van der Waals surface area contributed by atoms with Gasteiger partial charge in [-0.1, -0.05) is 166 Å². The molecule has 4 fully saturated rings. The summed E-state index contributed by atoms with van der Waals surface area (Å²) in [7, 11) is 0. The van der Waals surface area contributed by atoms with Crippen molar-refractivity contribution in [3.8, 4) is 0 Å². The van der Waals surface area contributed by atoms with Crippen LogP contribution in [0.2, 0.25) is 0 Å². The van der Waals surface area contributed by atoms with Gasteiger partial charge in [0.1, 0.15) is 0 Å². The van der Waals surface area contributed by atoms with E-state index in [9.17, 15) is 0 Å². The predicted molar refractivity (Wildman–Crippen MR) is 163 cm³/mol. The first-order chi connectivity index (χ1) is 15.1. The second kappa shape index (κ2) is 18.3. The van der Waals surface area contributed by atoms with Gasteiger partial charge >= 0.3 is 0 Å². The molecule has 0 bridgehead atoms. The summed E-state index contributed by atoms with van der Waals surface area (Å²) in [6.07, 6.45) is 32.7. The van der Waals surface area contributed by atoms with Crippen LogP contribution in [-0.4, -0.2) is 0 Å². The van der Waals surface area contributed by atoms with E-state index in [2.05, 4.69) is 13.8 Å². The van der Waals surface area contributed by atoms with E-state index >= 15 is 0 Å². The van der Waals surface area contributed by atoms with Crippen molar-refractivity contribution in [1.82, 2.24) is 0 Å². The molecule has 0 radical (unpaired) electrons. The van der Waals surface area contributed by atoms with Crippen molar-refractivity contribution in [2.45, 2.75) is 178 Å². The Morgan fingerprint density at radius 2 is 0.571 bits per heavy atom. The molecule has 0 heterocycles. The molecule has 0 nitrogen and oxygen atoms in total. The van der Waals surface area contributed by atoms with E-state index in [1.807, 2.05) is 0 Å². The molecule has 0 heteroatoms. The topological polar surface area (TPSA) is 0 Å². The fraction of sp³-hybridized carbons (Fsp3) is 1.00. The molecule has 0 N–H and O–H groups in total. The summed E-state index contributed by atoms with van der Waals surface area (Å²) < 4.78 is 0. The van der Waals surface area contributed by atoms with Gasteiger partial charge in [0.15, 0.2) is 0 Å². The molecule has 0 unspecified atom stereocenters. The fourth-order valence-electron chi connectivity index (χ4n) is 8.28. The maximum atomic E-state index is 2.47. The molecule has 0 saturated heterocycles. The van der Waals surface area contributed by atoms with Crippen molar-refractivity contribution >= 4 is 0 Å². The SMILES string of the molecule is C.C.C.C.CC1CCC(CCCC2CCC(CC3CCC(CC4CCC(C)CC4)CC3)CC2)CC1. The molecule has 0 amide bonds. The fourth-order valence-corrected chi connectivity index (χ4v) is 8.28. The maximum absolute atomic E-state index is 2.47. The van der Waals surface area contributed by atoms with Gasteiger partial charge in [0.25, 0.3) is 0 Å². The molecular formula is C35H72. The van der Waals surface area contributed by atoms with E-state index in [-0.39, 0.29) is 29.7 Å². The van der Waals surface area contributed by atoms with Gasteiger partial charge in [-0.3, -0.25) is 0 Å². The first-order valence-corrected chi connectivity index (χ1v) is 15.1. The largest absolute Gasteiger partial charge is 0.0776 e. The van der Waals surface area contributed by atoms with Crippen LogP contribution in [0.25, 0.3) is 0 Å². The zero-order valence-corrected chi connectivity index (χ0v) is 21.5. The Kier molecular flexibility index (Phi) is 18.3. The molecule has 4 rings (SSSR count). The van der Waals surface area contributed by atoms with E-state index in [4.69, 9.17) is 0 Å². The van der Waals surface area contributed by atoms with Crippen LogP contribution in [0.3, 0.4) is 0 Å². The monoisotopic (exact) mass is 493 g/mol. The molecule has 212 valence electrons. The summed E-state index contributed by atoms with van der Waals surface area (Å²) in [4.78, 5) is 0. The van der Waals surface area contributed by atoms with Gasteiger partial charge in [-0.15, -0.1) is 0 Å². The Labute approximate surface area is 225 Å². The predicted octanol–water partition coefficient (Wildman–Crippen LogP) is 12.7. The van der Waals surface area contributed by atoms with Gasteiger partial charge in [-0.25, -0.2) is 0 Å². The van der Waals surface area contributed by atoms with E-state index < -0.39 is 0 Å². The normalized spacial score (nSPS) is 37.5. The quantitative estimate of drug-likeness (QED) is 0.316. The van der Waals surface area contributed by atoms with Gasteiger partial charge in [-0.05, 0) is 60.2 Å². The van der Waals surface area contributed by atoms with Crippen LogP contribution < -0.4 is 0 Å². The van der Waals surface area contributed by atoms with Crippen LogP contribution in [0.5, 0.6) is 0 Å². The lowest BCUT2D eigenvalue weighted by atomic mass is 9.70. The van der Waals surface area contributed by atoms with Crippen molar-refractivity contribution in [2.75, 3.05) is 0 Å². The first kappa shape index (κ1) is 35.0. The van der Waals surface area contributed by atoms with Crippen LogP contribution in [0, 0.1) is 47.3 Å². The molecule has 0 aromatic heterocycles. The van der Waals surface area contributed by atoms with Crippen molar-refractivity contribution in [1.29, 1.82) is 0 Å². The van der Waals surface area contributed by atoms with Gasteiger partial charge in [0.05, 0.1) is 0 Å². The van der Waals surface area contributed by atoms with Crippen molar-refractivity contribution in [3.63, 3.8) is 0 Å². The highest BCUT2D eigenvalue weighted by atomic mass is 14.3. The minimum atomic E-state index is 0. The second-order valence-corrected chi connectivity index (χ2v) is 13.4. The Balaban J connectivity index is 0.00000289. The second-order valence-electron chi connectivity index (χ2n) is 13.4. The minimum absolute atomic E-state index is 0. The molecule has 4 aliphatic rings. The Morgan fingerprint density at radius 3 is 0.886 bits per heavy atom. The van der Waals surface area contributed by atoms with Crippen LogP contribution in [0.4, 0.5) is 0 Å². The third-order valence-electron chi connectivity index (χ3n) is 10.8. The van der Waals surface area contributed by atoms with Crippen molar-refractivity contribution < 1.29 is 0 Å². The molecule has 4 saturated carbocycles. The average Bonchev–Trinajstić information content (AvgIpc) is 2.79. The van der Waals surface area contributed by atoms with Crippen LogP contribution in [0.15, 0.2) is 0 Å². The summed E-state index contributed by atoms with van der Waals surface area (Å²) in [6.45, 7) is 4.92. The van der Waals surface area contributed by atoms with Gasteiger partial charge in [0, 0.05) is 0 Å². The highest BCUT2D eigenvalue weighted by molar-refractivity contribution is 4.81. The van der Waals surface area contributed by atoms with Gasteiger partial charge < -0.3 is 0 Å². The van der Waals surface area contributed by atoms with E-state index in [1.54, 1.807) is 89.9 Å². The molecule has 0 atom stereocenters. The molecule has 4 aliphatic carbocycles. The van der Waals surface area contributed by atoms with Crippen LogP contribution >= 0.6 is 0 Å². The summed E-state index contributed by atoms with van der Waals surface area (Å²) in [5.74, 6) is 8.59. The minimum Gasteiger partial charge on any atom is -0.0776 e. The average molecular weight is 493 g/mol. The lowest BCUT2D eigenvalue weighted by molar-refractivity contribution is 0.163. The Morgan fingerprint density at radius 1 is 0.343 bits per heavy atom. The van der Waals surface area contributed by atoms with Crippen LogP contribution in [0.1, 0.15) is 178 Å². The van der Waals surface area contributed by atoms with Gasteiger partial charge in [0.2, 0.25) is 0 Å². The number of rotatable bonds is 8. The smallest absolute Gasteiger partial charge is 0.0411 e. The van der Waals surface area contributed by atoms with Gasteiger partial charge in [-0.2, -0.15) is 0 Å². The standard InChI is InChI=1S/C31H56.4CH4/c1-24-6-10-26(11-7-24)4-3-5-27-14-16-29(17-15-27)23-31-20-18-30(19-21-31)22-28-12-8-25(2)9-13-28;;;;/h24-31H,3-23H2,1-2H3;4*1H4. The zero-order valence-electron chi connectivity index (χ0n) is 21.5. The third kappa shape index (κ3) is 11.9. The molecule has 0 spiro atoms. The number of hydrogen-bond acceptors (Lipinski definition) is 0. The molecule has 0 aliphatic heterocycles. The highest BCUT2D eigenvalue weighted by Crippen LogP contribution is 2.42. The van der Waals surface area contributed by atoms with Crippen molar-refractivity contribution in [2.24, 2.45) is 47.3 Å². The molecule has 0 aromatic rings. The first-order valence-electron chi connectivity index (χ1n) is 15.1. The Bertz CT molecular complexity index is 462. The van der Waals surface area contributed by atoms with Crippen molar-refractivity contribution in [3.05, 3.63) is 0 Å². The summed E-state index contributed by atoms with van der Waals surface area (Å²) >= 11 is 0. The summed E-state index contributed by atoms with van der Waals surface area (Å²) in [5.41, 5.74) is 0. The summed E-state index contributed by atoms with van der Waals surface area (Å²) in [5, 5.41) is 0. The van der Waals surface area contributed by atoms with E-state index in [1.165, 1.54) is 44.9 Å². The zero-order chi connectivity index (χ0) is 21.5. The Hall–Kier alpha value is 0. The molecular weight excluding hydrogens is 420 g/mol. The lowest BCUT2D eigenvalue weighted by Gasteiger charge is -2.36. The summed E-state index contributed by atoms with van der Waals surface area (Å²) in [6, 6.07) is 0. The molecule has 35 heavy (non-hydrogen) atoms. The molecule has 0 aromatic carbocycles. The lowest BCUT2D eigenvalue weighted by Crippen LogP contribution is -2.23. The van der Waals surface area contributed by atoms with E-state index in [0.29, 0.717) is 0 Å². The third-order valence-corrected chi connectivity index (χ3v) is 10.8.